The molecule has 0 radical (unpaired) electrons. The van der Waals surface area contributed by atoms with Gasteiger partial charge in [0.25, 0.3) is 0 Å². The Morgan fingerprint density at radius 2 is 1.69 bits per heavy atom. The van der Waals surface area contributed by atoms with Gasteiger partial charge >= 0.3 is 5.97 Å². The van der Waals surface area contributed by atoms with Crippen LogP contribution in [-0.2, 0) is 16.1 Å². The smallest absolute Gasteiger partial charge is 0.326 e. The summed E-state index contributed by atoms with van der Waals surface area (Å²) in [4.78, 5) is 33.9. The van der Waals surface area contributed by atoms with Crippen molar-refractivity contribution >= 4 is 22.9 Å². The van der Waals surface area contributed by atoms with Gasteiger partial charge in [-0.05, 0) is 38.2 Å². The summed E-state index contributed by atoms with van der Waals surface area (Å²) in [7, 11) is 1.62. The monoisotopic (exact) mass is 444 g/mol. The van der Waals surface area contributed by atoms with E-state index in [-0.39, 0.29) is 11.8 Å². The summed E-state index contributed by atoms with van der Waals surface area (Å²) < 4.78 is 2.28. The fourth-order valence-corrected chi connectivity index (χ4v) is 4.21. The number of aryl methyl sites for hydroxylation is 2. The lowest BCUT2D eigenvalue weighted by Gasteiger charge is -2.26. The molecule has 1 atom stereocenters. The van der Waals surface area contributed by atoms with Gasteiger partial charge in [-0.3, -0.25) is 9.78 Å². The van der Waals surface area contributed by atoms with Crippen LogP contribution in [-0.4, -0.2) is 49.5 Å². The first-order chi connectivity index (χ1) is 15.3. The Kier molecular flexibility index (Phi) is 10.6. The normalized spacial score (nSPS) is 12.4. The number of carboxylic acids is 1. The third-order valence-electron chi connectivity index (χ3n) is 6.10. The largest absolute Gasteiger partial charge is 0.480 e. The molecule has 1 amide bonds. The molecule has 0 spiro atoms. The molecule has 0 aliphatic heterocycles. The zero-order chi connectivity index (χ0) is 23.5. The molecule has 0 fully saturated rings. The summed E-state index contributed by atoms with van der Waals surface area (Å²) in [6, 6.07) is 1.31. The van der Waals surface area contributed by atoms with E-state index in [0.29, 0.717) is 12.8 Å². The average Bonchev–Trinajstić information content (AvgIpc) is 3.07. The lowest BCUT2D eigenvalue weighted by Crippen LogP contribution is -2.43. The van der Waals surface area contributed by atoms with Crippen LogP contribution in [0.3, 0.4) is 0 Å². The first-order valence-electron chi connectivity index (χ1n) is 12.1. The quantitative estimate of drug-likeness (QED) is 0.381. The van der Waals surface area contributed by atoms with Gasteiger partial charge in [-0.15, -0.1) is 0 Å². The summed E-state index contributed by atoms with van der Waals surface area (Å²) in [5.41, 5.74) is 2.13. The van der Waals surface area contributed by atoms with Gasteiger partial charge in [0.15, 0.2) is 0 Å². The van der Waals surface area contributed by atoms with Crippen LogP contribution in [0.15, 0.2) is 18.5 Å². The topological polar surface area (TPSA) is 88.3 Å². The zero-order valence-electron chi connectivity index (χ0n) is 20.2. The molecule has 0 aromatic carbocycles. The van der Waals surface area contributed by atoms with Crippen LogP contribution >= 0.6 is 0 Å². The number of aromatic nitrogens is 3. The fraction of sp³-hybridized carbons (Fsp3) is 0.680. The van der Waals surface area contributed by atoms with E-state index in [1.54, 1.807) is 7.05 Å². The van der Waals surface area contributed by atoms with Gasteiger partial charge in [0.2, 0.25) is 5.91 Å². The van der Waals surface area contributed by atoms with Crippen molar-refractivity contribution in [2.75, 3.05) is 7.05 Å². The van der Waals surface area contributed by atoms with Crippen LogP contribution in [0, 0.1) is 12.8 Å². The Morgan fingerprint density at radius 3 is 2.31 bits per heavy atom. The second kappa shape index (κ2) is 13.2. The standard InChI is InChI=1S/C25H40N4O3/c1-19(2)17-23(25(31)32)28(4)24(30)13-11-9-7-5-6-8-10-12-16-29-20(3)27-21-18-26-15-14-22(21)29/h14-15,18-19,23H,5-13,16-17H2,1-4H3,(H,31,32)/t23-/m0/s1. The number of hydrogen-bond acceptors (Lipinski definition) is 4. The molecule has 2 aromatic heterocycles. The highest BCUT2D eigenvalue weighted by Crippen LogP contribution is 2.17. The predicted molar refractivity (Wildman–Crippen MR) is 127 cm³/mol. The molecule has 0 saturated heterocycles. The minimum absolute atomic E-state index is 0.0591. The number of amides is 1. The molecule has 0 saturated carbocycles. The Bertz CT molecular complexity index is 862. The second-order valence-electron chi connectivity index (χ2n) is 9.24. The highest BCUT2D eigenvalue weighted by atomic mass is 16.4. The van der Waals surface area contributed by atoms with Crippen molar-refractivity contribution in [3.8, 4) is 0 Å². The van der Waals surface area contributed by atoms with E-state index in [4.69, 9.17) is 0 Å². The number of rotatable bonds is 15. The molecule has 1 N–H and O–H groups in total. The van der Waals surface area contributed by atoms with Crippen LogP contribution in [0.5, 0.6) is 0 Å². The van der Waals surface area contributed by atoms with E-state index in [0.717, 1.165) is 49.1 Å². The highest BCUT2D eigenvalue weighted by molar-refractivity contribution is 5.83. The van der Waals surface area contributed by atoms with Crippen LogP contribution in [0.1, 0.15) is 83.9 Å². The summed E-state index contributed by atoms with van der Waals surface area (Å²) in [6.45, 7) is 7.00. The van der Waals surface area contributed by atoms with Crippen LogP contribution in [0.4, 0.5) is 0 Å². The van der Waals surface area contributed by atoms with Crippen molar-refractivity contribution in [1.29, 1.82) is 0 Å². The Labute approximate surface area is 192 Å². The first-order valence-corrected chi connectivity index (χ1v) is 12.1. The van der Waals surface area contributed by atoms with Gasteiger partial charge in [0.05, 0.1) is 11.7 Å². The molecule has 0 aliphatic carbocycles. The van der Waals surface area contributed by atoms with E-state index >= 15 is 0 Å². The number of fused-ring (bicyclic) bond motifs is 1. The molecule has 7 nitrogen and oxygen atoms in total. The van der Waals surface area contributed by atoms with E-state index in [1.807, 2.05) is 32.3 Å². The van der Waals surface area contributed by atoms with Crippen molar-refractivity contribution in [1.82, 2.24) is 19.4 Å². The van der Waals surface area contributed by atoms with Crippen molar-refractivity contribution in [3.63, 3.8) is 0 Å². The summed E-state index contributed by atoms with van der Waals surface area (Å²) in [6.07, 6.45) is 13.5. The average molecular weight is 445 g/mol. The number of imidazole rings is 1. The van der Waals surface area contributed by atoms with Crippen LogP contribution in [0.25, 0.3) is 11.0 Å². The van der Waals surface area contributed by atoms with Gasteiger partial charge in [-0.2, -0.15) is 0 Å². The number of carboxylic acid groups (broad SMARTS) is 1. The molecule has 7 heteroatoms. The van der Waals surface area contributed by atoms with Crippen molar-refractivity contribution in [2.45, 2.75) is 97.6 Å². The van der Waals surface area contributed by atoms with E-state index in [9.17, 15) is 14.7 Å². The van der Waals surface area contributed by atoms with Crippen molar-refractivity contribution < 1.29 is 14.7 Å². The number of pyridine rings is 1. The predicted octanol–water partition coefficient (Wildman–Crippen LogP) is 5.21. The second-order valence-corrected chi connectivity index (χ2v) is 9.24. The highest BCUT2D eigenvalue weighted by Gasteiger charge is 2.26. The van der Waals surface area contributed by atoms with Crippen LogP contribution < -0.4 is 0 Å². The molecular weight excluding hydrogens is 404 g/mol. The van der Waals surface area contributed by atoms with E-state index in [2.05, 4.69) is 21.5 Å². The summed E-state index contributed by atoms with van der Waals surface area (Å²) in [5.74, 6) is 0.318. The molecule has 32 heavy (non-hydrogen) atoms. The maximum Gasteiger partial charge on any atom is 0.326 e. The van der Waals surface area contributed by atoms with Gasteiger partial charge in [-0.1, -0.05) is 52.4 Å². The SMILES string of the molecule is Cc1nc2cnccc2n1CCCCCCCCCCC(=O)N(C)[C@@H](CC(C)C)C(=O)O. The van der Waals surface area contributed by atoms with Gasteiger partial charge in [-0.25, -0.2) is 9.78 Å². The minimum atomic E-state index is -0.914. The maximum absolute atomic E-state index is 12.3. The third kappa shape index (κ3) is 7.92. The Morgan fingerprint density at radius 1 is 1.06 bits per heavy atom. The van der Waals surface area contributed by atoms with Gasteiger partial charge in [0.1, 0.15) is 17.4 Å². The zero-order valence-corrected chi connectivity index (χ0v) is 20.2. The molecular formula is C25H40N4O3. The van der Waals surface area contributed by atoms with E-state index < -0.39 is 12.0 Å². The number of hydrogen-bond donors (Lipinski definition) is 1. The molecule has 2 aromatic rings. The lowest BCUT2D eigenvalue weighted by atomic mass is 10.0. The molecule has 2 rings (SSSR count). The summed E-state index contributed by atoms with van der Waals surface area (Å²) >= 11 is 0. The summed E-state index contributed by atoms with van der Waals surface area (Å²) in [5, 5.41) is 9.38. The van der Waals surface area contributed by atoms with Crippen molar-refractivity contribution in [2.24, 2.45) is 5.92 Å². The lowest BCUT2D eigenvalue weighted by molar-refractivity contribution is -0.149. The fourth-order valence-electron chi connectivity index (χ4n) is 4.21. The number of nitrogens with zero attached hydrogens (tertiary/aromatic N) is 4. The van der Waals surface area contributed by atoms with Crippen molar-refractivity contribution in [3.05, 3.63) is 24.3 Å². The molecule has 178 valence electrons. The number of aliphatic carboxylic acids is 1. The molecule has 0 unspecified atom stereocenters. The van der Waals surface area contributed by atoms with Crippen LogP contribution in [0.2, 0.25) is 0 Å². The van der Waals surface area contributed by atoms with Gasteiger partial charge in [0, 0.05) is 26.2 Å². The Balaban J connectivity index is 1.53. The molecule has 0 aliphatic rings. The number of carbonyl (C=O) groups excluding carboxylic acids is 1. The molecule has 0 bridgehead atoms. The molecule has 2 heterocycles. The first kappa shape index (κ1) is 25.8. The van der Waals surface area contributed by atoms with Gasteiger partial charge < -0.3 is 14.6 Å². The maximum atomic E-state index is 12.3. The number of unbranched alkanes of at least 4 members (excludes halogenated alkanes) is 7. The minimum Gasteiger partial charge on any atom is -0.480 e. The van der Waals surface area contributed by atoms with E-state index in [1.165, 1.54) is 30.6 Å². The third-order valence-corrected chi connectivity index (χ3v) is 6.10. The Hall–Kier alpha value is -2.44. The number of likely N-dealkylation sites (N-methyl/N-ethyl adjacent to an activating group) is 1. The number of carbonyl (C=O) groups is 2.